The molecule has 5 rings (SSSR count). The summed E-state index contributed by atoms with van der Waals surface area (Å²) < 4.78 is 21.7. The molecule has 0 atom stereocenters. The smallest absolute Gasteiger partial charge is 0.404 e. The summed E-state index contributed by atoms with van der Waals surface area (Å²) in [6, 6.07) is 10.9. The maximum atomic E-state index is 14.7. The first-order chi connectivity index (χ1) is 17.9. The number of carbonyl (C=O) groups is 1. The monoisotopic (exact) mass is 502 g/mol. The lowest BCUT2D eigenvalue weighted by Crippen LogP contribution is -2.45. The number of amides is 1. The number of aromatic nitrogens is 3. The molecule has 1 aliphatic rings. The zero-order valence-electron chi connectivity index (χ0n) is 19.8. The maximum Gasteiger partial charge on any atom is 0.404 e. The predicted molar refractivity (Wildman–Crippen MR) is 133 cm³/mol. The molecule has 0 aliphatic carbocycles. The van der Waals surface area contributed by atoms with Gasteiger partial charge in [-0.1, -0.05) is 12.1 Å². The number of ether oxygens (including phenoxy) is 1. The highest BCUT2D eigenvalue weighted by atomic mass is 19.1. The Morgan fingerprint density at radius 3 is 2.62 bits per heavy atom. The van der Waals surface area contributed by atoms with Gasteiger partial charge in [-0.05, 0) is 42.7 Å². The van der Waals surface area contributed by atoms with Crippen LogP contribution in [0.1, 0.15) is 18.4 Å². The Balaban J connectivity index is 1.68. The quantitative estimate of drug-likeness (QED) is 0.372. The molecule has 4 aromatic rings. The minimum atomic E-state index is -1.05. The zero-order valence-corrected chi connectivity index (χ0v) is 19.8. The van der Waals surface area contributed by atoms with Gasteiger partial charge >= 0.3 is 6.09 Å². The Hall–Kier alpha value is -4.85. The fraction of sp³-hybridized carbons (Fsp3) is 0.231. The van der Waals surface area contributed by atoms with Crippen LogP contribution in [0.2, 0.25) is 0 Å². The summed E-state index contributed by atoms with van der Waals surface area (Å²) in [7, 11) is 1.46. The Bertz CT molecular complexity index is 1540. The summed E-state index contributed by atoms with van der Waals surface area (Å²) in [6.45, 7) is 1.10. The van der Waals surface area contributed by atoms with Gasteiger partial charge in [0.05, 0.1) is 23.9 Å². The van der Waals surface area contributed by atoms with Crippen LogP contribution in [0.4, 0.5) is 15.1 Å². The number of anilines is 1. The number of carboxylic acid groups (broad SMARTS) is 1. The number of methoxy groups -OCH3 is 1. The highest BCUT2D eigenvalue weighted by Gasteiger charge is 2.26. The van der Waals surface area contributed by atoms with Crippen molar-refractivity contribution in [2.45, 2.75) is 18.9 Å². The molecule has 10 nitrogen and oxygen atoms in total. The van der Waals surface area contributed by atoms with Gasteiger partial charge in [-0.25, -0.2) is 19.2 Å². The SMILES string of the molecule is COc1ccc(-c2c(-c3ccc(C#N)c(F)c3)nc(N3CCC(NC(=O)O)CC3)n3ccnc23)cc1O. The lowest BCUT2D eigenvalue weighted by atomic mass is 9.98. The van der Waals surface area contributed by atoms with Gasteiger partial charge < -0.3 is 25.2 Å². The molecule has 2 aromatic carbocycles. The van der Waals surface area contributed by atoms with E-state index >= 15 is 0 Å². The van der Waals surface area contributed by atoms with Crippen LogP contribution in [-0.4, -0.2) is 56.9 Å². The largest absolute Gasteiger partial charge is 0.504 e. The summed E-state index contributed by atoms with van der Waals surface area (Å²) in [5.74, 6) is 0.133. The normalized spacial score (nSPS) is 13.9. The molecule has 188 valence electrons. The molecule has 3 N–H and O–H groups in total. The van der Waals surface area contributed by atoms with Crippen molar-refractivity contribution < 1.29 is 24.1 Å². The van der Waals surface area contributed by atoms with Crippen molar-refractivity contribution in [2.24, 2.45) is 0 Å². The van der Waals surface area contributed by atoms with Crippen molar-refractivity contribution in [1.82, 2.24) is 19.7 Å². The topological polar surface area (TPSA) is 136 Å². The molecule has 37 heavy (non-hydrogen) atoms. The van der Waals surface area contributed by atoms with Gasteiger partial charge in [-0.2, -0.15) is 5.26 Å². The average Bonchev–Trinajstić information content (AvgIpc) is 3.38. The van der Waals surface area contributed by atoms with Crippen LogP contribution in [0.25, 0.3) is 28.0 Å². The van der Waals surface area contributed by atoms with E-state index in [1.807, 2.05) is 15.4 Å². The van der Waals surface area contributed by atoms with Crippen molar-refractivity contribution in [3.05, 3.63) is 60.2 Å². The van der Waals surface area contributed by atoms with Gasteiger partial charge in [-0.15, -0.1) is 0 Å². The van der Waals surface area contributed by atoms with Crippen LogP contribution in [0.5, 0.6) is 11.5 Å². The number of phenols is 1. The number of rotatable bonds is 5. The number of halogens is 1. The van der Waals surface area contributed by atoms with E-state index in [9.17, 15) is 19.6 Å². The third-order valence-corrected chi connectivity index (χ3v) is 6.46. The van der Waals surface area contributed by atoms with E-state index in [2.05, 4.69) is 10.3 Å². The number of piperidine rings is 1. The van der Waals surface area contributed by atoms with Crippen molar-refractivity contribution in [1.29, 1.82) is 5.26 Å². The van der Waals surface area contributed by atoms with E-state index in [1.54, 1.807) is 30.6 Å². The van der Waals surface area contributed by atoms with Crippen molar-refractivity contribution in [3.8, 4) is 40.0 Å². The van der Waals surface area contributed by atoms with Crippen LogP contribution in [0.3, 0.4) is 0 Å². The van der Waals surface area contributed by atoms with Crippen molar-refractivity contribution >= 4 is 17.7 Å². The standard InChI is InChI=1S/C26H23FN6O4/c1-37-21-5-4-15(13-20(21)34)22-23(16-2-3-17(14-28)19(27)12-16)31-25(33-11-8-29-24(22)33)32-9-6-18(7-10-32)30-26(35)36/h2-5,8,11-13,18,30,34H,6-7,9-10H2,1H3,(H,35,36). The molecule has 1 fully saturated rings. The number of nitrogens with zero attached hydrogens (tertiary/aromatic N) is 5. The fourth-order valence-electron chi connectivity index (χ4n) is 4.66. The molecule has 3 heterocycles. The summed E-state index contributed by atoms with van der Waals surface area (Å²) in [5.41, 5.74) is 2.49. The number of fused-ring (bicyclic) bond motifs is 1. The third-order valence-electron chi connectivity index (χ3n) is 6.46. The Kier molecular flexibility index (Phi) is 6.23. The molecule has 0 unspecified atom stereocenters. The van der Waals surface area contributed by atoms with Gasteiger partial charge in [-0.3, -0.25) is 4.40 Å². The van der Waals surface area contributed by atoms with Gasteiger partial charge in [0.25, 0.3) is 0 Å². The molecule has 1 saturated heterocycles. The number of phenolic OH excluding ortho intramolecular Hbond substituents is 1. The minimum Gasteiger partial charge on any atom is -0.504 e. The molecule has 0 saturated carbocycles. The van der Waals surface area contributed by atoms with Gasteiger partial charge in [0.1, 0.15) is 17.5 Å². The van der Waals surface area contributed by atoms with Crippen molar-refractivity contribution in [3.63, 3.8) is 0 Å². The minimum absolute atomic E-state index is 0.0706. The molecule has 11 heteroatoms. The molecule has 0 bridgehead atoms. The predicted octanol–water partition coefficient (Wildman–Crippen LogP) is 4.02. The van der Waals surface area contributed by atoms with E-state index < -0.39 is 11.9 Å². The number of hydrogen-bond acceptors (Lipinski definition) is 7. The second-order valence-electron chi connectivity index (χ2n) is 8.66. The van der Waals surface area contributed by atoms with Crippen LogP contribution in [0, 0.1) is 17.1 Å². The Morgan fingerprint density at radius 2 is 1.97 bits per heavy atom. The fourth-order valence-corrected chi connectivity index (χ4v) is 4.66. The highest BCUT2D eigenvalue weighted by molar-refractivity contribution is 5.91. The molecular weight excluding hydrogens is 479 g/mol. The summed E-state index contributed by atoms with van der Waals surface area (Å²) in [6.07, 6.45) is 3.55. The van der Waals surface area contributed by atoms with E-state index in [0.29, 0.717) is 65.7 Å². The Labute approximate surface area is 211 Å². The lowest BCUT2D eigenvalue weighted by Gasteiger charge is -2.33. The summed E-state index contributed by atoms with van der Waals surface area (Å²) in [5, 5.41) is 31.2. The molecule has 0 spiro atoms. The molecule has 0 radical (unpaired) electrons. The van der Waals surface area contributed by atoms with Gasteiger partial charge in [0.2, 0.25) is 5.95 Å². The van der Waals surface area contributed by atoms with Crippen LogP contribution >= 0.6 is 0 Å². The number of nitriles is 1. The van der Waals surface area contributed by atoms with Gasteiger partial charge in [0.15, 0.2) is 11.5 Å². The molecular formula is C26H23FN6O4. The first kappa shape index (κ1) is 23.9. The summed E-state index contributed by atoms with van der Waals surface area (Å²) in [4.78, 5) is 22.6. The number of imidazole rings is 1. The molecule has 1 amide bonds. The zero-order chi connectivity index (χ0) is 26.1. The molecule has 2 aromatic heterocycles. The van der Waals surface area contributed by atoms with E-state index in [4.69, 9.17) is 14.8 Å². The number of aromatic hydroxyl groups is 1. The van der Waals surface area contributed by atoms with E-state index in [0.717, 1.165) is 0 Å². The van der Waals surface area contributed by atoms with E-state index in [1.165, 1.54) is 25.3 Å². The van der Waals surface area contributed by atoms with Crippen molar-refractivity contribution in [2.75, 3.05) is 25.1 Å². The Morgan fingerprint density at radius 1 is 1.22 bits per heavy atom. The average molecular weight is 503 g/mol. The van der Waals surface area contributed by atoms with Crippen LogP contribution < -0.4 is 15.0 Å². The first-order valence-corrected chi connectivity index (χ1v) is 11.6. The maximum absolute atomic E-state index is 14.7. The van der Waals surface area contributed by atoms with E-state index in [-0.39, 0.29) is 17.4 Å². The van der Waals surface area contributed by atoms with Gasteiger partial charge in [0, 0.05) is 37.1 Å². The highest BCUT2D eigenvalue weighted by Crippen LogP contribution is 2.40. The number of benzene rings is 2. The number of nitrogens with one attached hydrogen (secondary N) is 1. The summed E-state index contributed by atoms with van der Waals surface area (Å²) >= 11 is 0. The first-order valence-electron chi connectivity index (χ1n) is 11.6. The van der Waals surface area contributed by atoms with Crippen LogP contribution in [-0.2, 0) is 0 Å². The lowest BCUT2D eigenvalue weighted by molar-refractivity contribution is 0.187. The van der Waals surface area contributed by atoms with Crippen LogP contribution in [0.15, 0.2) is 48.8 Å². The number of hydrogen-bond donors (Lipinski definition) is 3. The third kappa shape index (κ3) is 4.45. The second-order valence-corrected chi connectivity index (χ2v) is 8.66. The molecule has 1 aliphatic heterocycles. The second kappa shape index (κ2) is 9.66.